The van der Waals surface area contributed by atoms with Crippen LogP contribution in [0.15, 0.2) is 28.3 Å². The Labute approximate surface area is 479 Å². The number of benzene rings is 1. The summed E-state index contributed by atoms with van der Waals surface area (Å²) in [6, 6.07) is 2.97. The van der Waals surface area contributed by atoms with Crippen molar-refractivity contribution in [2.24, 2.45) is 28.8 Å². The number of halogens is 1. The number of carboxylic acids is 1. The number of likely N-dealkylation sites (N-methyl/N-ethyl adjacent to an activating group) is 1. The molecule has 4 heterocycles. The zero-order valence-electron chi connectivity index (χ0n) is 49.2. The maximum absolute atomic E-state index is 14.5. The molecular weight excluding hydrogens is 1080 g/mol. The molecule has 1 aliphatic carbocycles. The van der Waals surface area contributed by atoms with Crippen molar-refractivity contribution < 1.29 is 87.8 Å². The molecule has 458 valence electrons. The van der Waals surface area contributed by atoms with Crippen LogP contribution < -0.4 is 10.7 Å². The van der Waals surface area contributed by atoms with Crippen molar-refractivity contribution in [1.82, 2.24) is 9.47 Å². The third-order valence-electron chi connectivity index (χ3n) is 16.9. The number of esters is 2. The summed E-state index contributed by atoms with van der Waals surface area (Å²) in [5.41, 5.74) is -4.89. The molecule has 0 unspecified atom stereocenters. The number of hydrogen-bond acceptors (Lipinski definition) is 21. The lowest BCUT2D eigenvalue weighted by Crippen LogP contribution is -2.61. The fraction of sp³-hybridized carbons (Fsp3) is 0.772. The van der Waals surface area contributed by atoms with E-state index in [0.29, 0.717) is 29.2 Å². The average molecular weight is 1170 g/mol. The van der Waals surface area contributed by atoms with Crippen LogP contribution in [0.2, 0.25) is 5.02 Å². The quantitative estimate of drug-likeness (QED) is 0.0391. The van der Waals surface area contributed by atoms with Crippen molar-refractivity contribution in [3.63, 3.8) is 0 Å². The fourth-order valence-corrected chi connectivity index (χ4v) is 12.3. The van der Waals surface area contributed by atoms with Gasteiger partial charge in [-0.25, -0.2) is 4.79 Å². The maximum atomic E-state index is 14.5. The molecule has 1 aromatic carbocycles. The van der Waals surface area contributed by atoms with Gasteiger partial charge < -0.3 is 88.2 Å². The number of nitrogens with zero attached hydrogens (tertiary/aromatic N) is 3. The summed E-state index contributed by atoms with van der Waals surface area (Å²) in [4.78, 5) is 54.7. The van der Waals surface area contributed by atoms with Gasteiger partial charge in [-0.15, -0.1) is 0 Å². The number of aromatic carboxylic acids is 1. The summed E-state index contributed by atoms with van der Waals surface area (Å²) in [6.45, 7) is 17.4. The van der Waals surface area contributed by atoms with E-state index in [9.17, 15) is 49.9 Å². The Morgan fingerprint density at radius 2 is 1.59 bits per heavy atom. The highest BCUT2D eigenvalue weighted by Gasteiger charge is 2.54. The number of rotatable bonds is 20. The first-order valence-corrected chi connectivity index (χ1v) is 28.7. The SMILES string of the molecule is CC[C@H]1OC(=O)[C@H](C)[C@@H](O[C@H]2C[C@@](C)(OC)[C@@H](OC(=O)CCOCCOCCNc3cc4c(=O)c(C(=O)O)cn(C5CC5)c4cc3Cl)[C@H](C)O2)[C@H](C)[C@@H](O[C@H]2O[C@@H](C)C[C@@H](N(C)C)[C@@H]2O)[C@](C)(O)C[C@@H](C)/C(=N\O)[C@H](C)[C@@H](O)[C@]1(C)O. The van der Waals surface area contributed by atoms with E-state index < -0.39 is 119 Å². The third-order valence-corrected chi connectivity index (χ3v) is 17.2. The average Bonchev–Trinajstić information content (AvgIpc) is 4.27. The van der Waals surface area contributed by atoms with E-state index in [1.165, 1.54) is 27.2 Å². The Morgan fingerprint density at radius 1 is 0.926 bits per heavy atom. The molecule has 23 nitrogen and oxygen atoms in total. The van der Waals surface area contributed by atoms with Crippen LogP contribution in [0.25, 0.3) is 10.9 Å². The highest BCUT2D eigenvalue weighted by atomic mass is 35.5. The van der Waals surface area contributed by atoms with Crippen molar-refractivity contribution in [3.05, 3.63) is 39.1 Å². The van der Waals surface area contributed by atoms with Gasteiger partial charge in [0.05, 0.1) is 96.8 Å². The zero-order valence-corrected chi connectivity index (χ0v) is 49.9. The third kappa shape index (κ3) is 15.4. The Balaban J connectivity index is 1.11. The second-order valence-corrected chi connectivity index (χ2v) is 24.0. The number of aromatic nitrogens is 1. The first kappa shape index (κ1) is 66.1. The Morgan fingerprint density at radius 3 is 2.20 bits per heavy atom. The van der Waals surface area contributed by atoms with Crippen LogP contribution in [-0.4, -0.2) is 202 Å². The summed E-state index contributed by atoms with van der Waals surface area (Å²) < 4.78 is 57.6. The largest absolute Gasteiger partial charge is 0.477 e. The topological polar surface area (TPSA) is 305 Å². The van der Waals surface area contributed by atoms with Crippen LogP contribution in [0.4, 0.5) is 5.69 Å². The van der Waals surface area contributed by atoms with E-state index in [0.717, 1.165) is 12.8 Å². The van der Waals surface area contributed by atoms with Crippen molar-refractivity contribution in [2.45, 2.75) is 204 Å². The summed E-state index contributed by atoms with van der Waals surface area (Å²) in [5.74, 6) is -6.50. The predicted molar refractivity (Wildman–Crippen MR) is 298 cm³/mol. The molecular formula is C57H89ClN4O19. The molecule has 24 heteroatoms. The highest BCUT2D eigenvalue weighted by molar-refractivity contribution is 6.34. The number of aliphatic hydroxyl groups is 4. The summed E-state index contributed by atoms with van der Waals surface area (Å²) in [7, 11) is 5.13. The van der Waals surface area contributed by atoms with Gasteiger partial charge in [0.25, 0.3) is 0 Å². The van der Waals surface area contributed by atoms with Gasteiger partial charge in [-0.3, -0.25) is 14.4 Å². The fourth-order valence-electron chi connectivity index (χ4n) is 12.1. The number of carboxylic acid groups (broad SMARTS) is 1. The normalized spacial score (nSPS) is 37.0. The van der Waals surface area contributed by atoms with Crippen molar-refractivity contribution in [1.29, 1.82) is 0 Å². The molecule has 3 aliphatic heterocycles. The Bertz CT molecular complexity index is 2560. The van der Waals surface area contributed by atoms with Gasteiger partial charge in [-0.05, 0) is 99.9 Å². The molecule has 81 heavy (non-hydrogen) atoms. The summed E-state index contributed by atoms with van der Waals surface area (Å²) in [5, 5.41) is 75.5. The predicted octanol–water partition coefficient (Wildman–Crippen LogP) is 5.13. The zero-order chi connectivity index (χ0) is 60.1. The lowest BCUT2D eigenvalue weighted by molar-refractivity contribution is -0.318. The number of hydrogen-bond donors (Lipinski definition) is 7. The number of aliphatic hydroxyl groups excluding tert-OH is 2. The van der Waals surface area contributed by atoms with E-state index in [1.807, 2.05) is 25.9 Å². The van der Waals surface area contributed by atoms with Crippen LogP contribution in [0, 0.1) is 23.7 Å². The number of cyclic esters (lactones) is 1. The number of carbonyl (C=O) groups excluding carboxylic acids is 2. The van der Waals surface area contributed by atoms with Crippen molar-refractivity contribution >= 4 is 51.8 Å². The van der Waals surface area contributed by atoms with Gasteiger partial charge >= 0.3 is 17.9 Å². The molecule has 0 bridgehead atoms. The highest BCUT2D eigenvalue weighted by Crippen LogP contribution is 2.43. The molecule has 6 rings (SSSR count). The number of anilines is 1. The van der Waals surface area contributed by atoms with Gasteiger partial charge in [0, 0.05) is 61.5 Å². The number of oxime groups is 1. The van der Waals surface area contributed by atoms with E-state index in [2.05, 4.69) is 10.5 Å². The summed E-state index contributed by atoms with van der Waals surface area (Å²) in [6.07, 6.45) is -7.53. The first-order chi connectivity index (χ1) is 38.0. The molecule has 1 saturated carbocycles. The number of carbonyl (C=O) groups is 3. The van der Waals surface area contributed by atoms with Crippen molar-refractivity contribution in [2.75, 3.05) is 59.5 Å². The van der Waals surface area contributed by atoms with Crippen LogP contribution in [0.3, 0.4) is 0 Å². The standard InChI is InChI=1S/C57H89ClN4O19/c1-14-42-57(10,71)49(66)31(4)45(60-72)29(2)26-55(8,70)50(81-54-47(65)41(61(11)12)23-30(3)76-54)32(5)48(33(6)53(69)78-42)80-44-27-56(9,73-13)51(34(7)77-44)79-43(63)17-19-74-21-22-75-20-18-59-39-24-36-40(25-38(39)58)62(35-15-16-35)28-37(46(36)64)52(67)68/h24-25,28-35,41-42,44,47-51,54,59,65-66,70-72H,14-23,26-27H2,1-13H3,(H,67,68)/b60-45+/t29-,30+,31+,32+,33-,34+,41-,42-,44+,47+,48+,49-,50-,51+,54-,55-,56-,57-/m1/s1. The van der Waals surface area contributed by atoms with Gasteiger partial charge in [0.15, 0.2) is 18.7 Å². The second kappa shape index (κ2) is 27.8. The van der Waals surface area contributed by atoms with Crippen molar-refractivity contribution in [3.8, 4) is 0 Å². The molecule has 0 amide bonds. The second-order valence-electron chi connectivity index (χ2n) is 23.6. The maximum Gasteiger partial charge on any atom is 0.341 e. The van der Waals surface area contributed by atoms with Crippen LogP contribution in [-0.2, 0) is 52.2 Å². The molecule has 4 fully saturated rings. The van der Waals surface area contributed by atoms with E-state index in [-0.39, 0.29) is 87.0 Å². The minimum Gasteiger partial charge on any atom is -0.477 e. The minimum atomic E-state index is -2.04. The molecule has 3 saturated heterocycles. The monoisotopic (exact) mass is 1170 g/mol. The van der Waals surface area contributed by atoms with Crippen LogP contribution in [0.5, 0.6) is 0 Å². The van der Waals surface area contributed by atoms with Crippen LogP contribution in [0.1, 0.15) is 131 Å². The Hall–Kier alpha value is -4.08. The Kier molecular flexibility index (Phi) is 22.6. The first-order valence-electron chi connectivity index (χ1n) is 28.3. The van der Waals surface area contributed by atoms with Gasteiger partial charge in [0.1, 0.15) is 29.0 Å². The lowest BCUT2D eigenvalue weighted by atomic mass is 9.73. The lowest BCUT2D eigenvalue weighted by Gasteiger charge is -2.49. The van der Waals surface area contributed by atoms with Gasteiger partial charge in [-0.2, -0.15) is 0 Å². The van der Waals surface area contributed by atoms with Gasteiger partial charge in [0.2, 0.25) is 5.43 Å². The molecule has 1 aromatic heterocycles. The molecule has 0 spiro atoms. The molecule has 18 atom stereocenters. The number of ether oxygens (including phenoxy) is 9. The molecule has 0 radical (unpaired) electrons. The number of fused-ring (bicyclic) bond motifs is 1. The minimum absolute atomic E-state index is 0.0126. The van der Waals surface area contributed by atoms with Crippen LogP contribution >= 0.6 is 11.6 Å². The molecule has 7 N–H and O–H groups in total. The number of pyridine rings is 1. The molecule has 2 aromatic rings. The number of methoxy groups -OCH3 is 1. The molecule has 4 aliphatic rings. The van der Waals surface area contributed by atoms with E-state index >= 15 is 0 Å². The van der Waals surface area contributed by atoms with E-state index in [4.69, 9.17) is 54.2 Å². The summed E-state index contributed by atoms with van der Waals surface area (Å²) >= 11 is 6.58. The smallest absolute Gasteiger partial charge is 0.341 e. The van der Waals surface area contributed by atoms with Gasteiger partial charge in [-0.1, -0.05) is 44.5 Å². The van der Waals surface area contributed by atoms with E-state index in [1.54, 1.807) is 65.2 Å². The number of nitrogens with one attached hydrogen (secondary N) is 1.